The first-order chi connectivity index (χ1) is 14.9. The van der Waals surface area contributed by atoms with Crippen LogP contribution in [0.2, 0.25) is 0 Å². The molecule has 184 valence electrons. The summed E-state index contributed by atoms with van der Waals surface area (Å²) in [5.74, 6) is 0.435. The van der Waals surface area contributed by atoms with Gasteiger partial charge in [-0.05, 0) is 58.2 Å². The molecule has 1 heterocycles. The highest BCUT2D eigenvalue weighted by Crippen LogP contribution is 2.34. The van der Waals surface area contributed by atoms with Gasteiger partial charge in [0.25, 0.3) is 0 Å². The predicted octanol–water partition coefficient (Wildman–Crippen LogP) is 2.56. The van der Waals surface area contributed by atoms with Gasteiger partial charge < -0.3 is 40.0 Å². The zero-order chi connectivity index (χ0) is 24.1. The van der Waals surface area contributed by atoms with E-state index < -0.39 is 37.3 Å². The maximum absolute atomic E-state index is 10.4. The van der Waals surface area contributed by atoms with Gasteiger partial charge in [-0.2, -0.15) is 0 Å². The molecule has 0 radical (unpaired) electrons. The van der Waals surface area contributed by atoms with Gasteiger partial charge >= 0.3 is 0 Å². The van der Waals surface area contributed by atoms with Crippen LogP contribution < -0.4 is 10.1 Å². The van der Waals surface area contributed by atoms with Crippen LogP contribution in [-0.4, -0.2) is 68.9 Å². The van der Waals surface area contributed by atoms with Crippen LogP contribution >= 0.6 is 0 Å². The van der Waals surface area contributed by atoms with Crippen molar-refractivity contribution in [3.63, 3.8) is 0 Å². The third kappa shape index (κ3) is 7.04. The lowest BCUT2D eigenvalue weighted by Crippen LogP contribution is -2.60. The minimum absolute atomic E-state index is 0.175. The van der Waals surface area contributed by atoms with Gasteiger partial charge in [0.05, 0.1) is 24.5 Å². The molecule has 1 aliphatic rings. The normalized spacial score (nSPS) is 28.2. The molecule has 1 aromatic rings. The summed E-state index contributed by atoms with van der Waals surface area (Å²) >= 11 is 0. The first-order valence-corrected chi connectivity index (χ1v) is 11.4. The van der Waals surface area contributed by atoms with Crippen molar-refractivity contribution in [1.29, 1.82) is 0 Å². The van der Waals surface area contributed by atoms with E-state index in [0.717, 1.165) is 30.5 Å². The van der Waals surface area contributed by atoms with Crippen molar-refractivity contribution in [2.75, 3.05) is 11.9 Å². The molecule has 0 bridgehead atoms. The highest BCUT2D eigenvalue weighted by atomic mass is 16.7. The molecule has 0 spiro atoms. The van der Waals surface area contributed by atoms with Crippen LogP contribution in [0.25, 0.3) is 0 Å². The summed E-state index contributed by atoms with van der Waals surface area (Å²) in [5.41, 5.74) is 1.22. The van der Waals surface area contributed by atoms with Crippen LogP contribution in [0.1, 0.15) is 66.4 Å². The Balaban J connectivity index is 2.33. The number of aliphatic hydroxyl groups is 4. The largest absolute Gasteiger partial charge is 0.460 e. The SMILES string of the molecule is CCCC(C)(CC)Nc1cc(COC(C)(C)C)ccc1OC1OC(CO)C(O)C(O)C1O. The van der Waals surface area contributed by atoms with Crippen molar-refractivity contribution in [2.45, 2.75) is 109 Å². The minimum atomic E-state index is -1.50. The smallest absolute Gasteiger partial charge is 0.229 e. The second-order valence-corrected chi connectivity index (χ2v) is 9.84. The summed E-state index contributed by atoms with van der Waals surface area (Å²) in [7, 11) is 0. The van der Waals surface area contributed by atoms with Crippen LogP contribution in [-0.2, 0) is 16.1 Å². The molecule has 5 N–H and O–H groups in total. The van der Waals surface area contributed by atoms with E-state index in [1.165, 1.54) is 0 Å². The standard InChI is InChI=1S/C24H41NO7/c1-7-11-24(6,8-2)25-16-12-15(14-30-23(3,4)5)9-10-17(16)31-22-21(29)20(28)19(27)18(13-26)32-22/h9-10,12,18-22,25-29H,7-8,11,13-14H2,1-6H3. The molecule has 1 fully saturated rings. The lowest BCUT2D eigenvalue weighted by atomic mass is 9.92. The lowest BCUT2D eigenvalue weighted by molar-refractivity contribution is -0.277. The Morgan fingerprint density at radius 2 is 1.72 bits per heavy atom. The van der Waals surface area contributed by atoms with Gasteiger partial charge in [0.1, 0.15) is 30.2 Å². The molecule has 6 atom stereocenters. The third-order valence-electron chi connectivity index (χ3n) is 5.83. The number of hydrogen-bond acceptors (Lipinski definition) is 8. The summed E-state index contributed by atoms with van der Waals surface area (Å²) < 4.78 is 17.4. The molecule has 0 amide bonds. The molecule has 6 unspecified atom stereocenters. The quantitative estimate of drug-likeness (QED) is 0.365. The Morgan fingerprint density at radius 3 is 2.28 bits per heavy atom. The Morgan fingerprint density at radius 1 is 1.03 bits per heavy atom. The maximum atomic E-state index is 10.4. The monoisotopic (exact) mass is 455 g/mol. The molecule has 8 heteroatoms. The molecule has 0 aliphatic carbocycles. The van der Waals surface area contributed by atoms with Gasteiger partial charge in [-0.3, -0.25) is 0 Å². The van der Waals surface area contributed by atoms with Crippen molar-refractivity contribution < 1.29 is 34.6 Å². The molecule has 32 heavy (non-hydrogen) atoms. The summed E-state index contributed by atoms with van der Waals surface area (Å²) in [5, 5.41) is 43.5. The average molecular weight is 456 g/mol. The summed E-state index contributed by atoms with van der Waals surface area (Å²) in [6, 6.07) is 5.60. The fourth-order valence-electron chi connectivity index (χ4n) is 3.66. The number of anilines is 1. The van der Waals surface area contributed by atoms with E-state index in [-0.39, 0.29) is 11.1 Å². The van der Waals surface area contributed by atoms with Crippen molar-refractivity contribution in [2.24, 2.45) is 0 Å². The molecule has 0 aromatic heterocycles. The van der Waals surface area contributed by atoms with E-state index in [0.29, 0.717) is 12.4 Å². The number of hydrogen-bond donors (Lipinski definition) is 5. The fraction of sp³-hybridized carbons (Fsp3) is 0.750. The third-order valence-corrected chi connectivity index (χ3v) is 5.83. The average Bonchev–Trinajstić information content (AvgIpc) is 2.73. The summed E-state index contributed by atoms with van der Waals surface area (Å²) in [4.78, 5) is 0. The first kappa shape index (κ1) is 26.8. The summed E-state index contributed by atoms with van der Waals surface area (Å²) in [6.07, 6.45) is -3.84. The van der Waals surface area contributed by atoms with Crippen molar-refractivity contribution in [1.82, 2.24) is 0 Å². The van der Waals surface area contributed by atoms with Crippen LogP contribution in [0.4, 0.5) is 5.69 Å². The number of aliphatic hydroxyl groups excluding tert-OH is 4. The van der Waals surface area contributed by atoms with Crippen LogP contribution in [0.3, 0.4) is 0 Å². The maximum Gasteiger partial charge on any atom is 0.229 e. The number of benzene rings is 1. The number of nitrogens with one attached hydrogen (secondary N) is 1. The molecule has 1 aromatic carbocycles. The van der Waals surface area contributed by atoms with Gasteiger partial charge in [0.15, 0.2) is 0 Å². The highest BCUT2D eigenvalue weighted by molar-refractivity contribution is 5.59. The molecule has 1 saturated heterocycles. The Bertz CT molecular complexity index is 721. The zero-order valence-corrected chi connectivity index (χ0v) is 20.2. The molecular formula is C24H41NO7. The fourth-order valence-corrected chi connectivity index (χ4v) is 3.66. The Hall–Kier alpha value is -1.42. The number of ether oxygens (including phenoxy) is 3. The van der Waals surface area contributed by atoms with Gasteiger partial charge in [-0.1, -0.05) is 26.3 Å². The molecule has 1 aliphatic heterocycles. The minimum Gasteiger partial charge on any atom is -0.460 e. The van der Waals surface area contributed by atoms with Gasteiger partial charge in [-0.25, -0.2) is 0 Å². The second-order valence-electron chi connectivity index (χ2n) is 9.84. The van der Waals surface area contributed by atoms with Crippen molar-refractivity contribution in [3.8, 4) is 5.75 Å². The molecular weight excluding hydrogens is 414 g/mol. The van der Waals surface area contributed by atoms with E-state index in [9.17, 15) is 20.4 Å². The first-order valence-electron chi connectivity index (χ1n) is 11.4. The van der Waals surface area contributed by atoms with Crippen LogP contribution in [0, 0.1) is 0 Å². The van der Waals surface area contributed by atoms with E-state index in [4.69, 9.17) is 14.2 Å². The van der Waals surface area contributed by atoms with Crippen molar-refractivity contribution in [3.05, 3.63) is 23.8 Å². The zero-order valence-electron chi connectivity index (χ0n) is 20.2. The second kappa shape index (κ2) is 11.1. The van der Waals surface area contributed by atoms with Crippen LogP contribution in [0.15, 0.2) is 18.2 Å². The van der Waals surface area contributed by atoms with Gasteiger partial charge in [-0.15, -0.1) is 0 Å². The summed E-state index contributed by atoms with van der Waals surface area (Å²) in [6.45, 7) is 12.3. The van der Waals surface area contributed by atoms with E-state index in [2.05, 4.69) is 26.1 Å². The predicted molar refractivity (Wildman–Crippen MR) is 123 cm³/mol. The van der Waals surface area contributed by atoms with Gasteiger partial charge in [0.2, 0.25) is 6.29 Å². The highest BCUT2D eigenvalue weighted by Gasteiger charge is 2.45. The molecule has 2 rings (SSSR count). The Labute approximate surface area is 191 Å². The topological polar surface area (TPSA) is 121 Å². The molecule has 0 saturated carbocycles. The van der Waals surface area contributed by atoms with E-state index in [1.807, 2.05) is 32.9 Å². The van der Waals surface area contributed by atoms with Crippen molar-refractivity contribution >= 4 is 5.69 Å². The van der Waals surface area contributed by atoms with Crippen LogP contribution in [0.5, 0.6) is 5.75 Å². The van der Waals surface area contributed by atoms with E-state index >= 15 is 0 Å². The lowest BCUT2D eigenvalue weighted by Gasteiger charge is -2.40. The molecule has 8 nitrogen and oxygen atoms in total. The van der Waals surface area contributed by atoms with Gasteiger partial charge in [0, 0.05) is 5.54 Å². The Kier molecular flexibility index (Phi) is 9.34. The number of rotatable bonds is 10. The van der Waals surface area contributed by atoms with E-state index in [1.54, 1.807) is 6.07 Å².